The minimum absolute atomic E-state index is 0.132. The third-order valence-corrected chi connectivity index (χ3v) is 2.62. The number of hydrogen-bond donors (Lipinski definition) is 1. The molecule has 0 saturated heterocycles. The van der Waals surface area contributed by atoms with Crippen molar-refractivity contribution in [1.82, 2.24) is 9.78 Å². The average Bonchev–Trinajstić information content (AvgIpc) is 2.75. The van der Waals surface area contributed by atoms with E-state index in [9.17, 15) is 0 Å². The Labute approximate surface area is 107 Å². The van der Waals surface area contributed by atoms with Crippen molar-refractivity contribution in [2.24, 2.45) is 5.16 Å². The van der Waals surface area contributed by atoms with Crippen molar-refractivity contribution in [2.75, 3.05) is 0 Å². The van der Waals surface area contributed by atoms with Crippen LogP contribution in [0.25, 0.3) is 11.3 Å². The summed E-state index contributed by atoms with van der Waals surface area (Å²) in [6.07, 6.45) is 1.34. The van der Waals surface area contributed by atoms with Gasteiger partial charge in [-0.05, 0) is 32.4 Å². The molecule has 18 heavy (non-hydrogen) atoms. The second-order valence-corrected chi connectivity index (χ2v) is 5.15. The van der Waals surface area contributed by atoms with Gasteiger partial charge in [-0.3, -0.25) is 4.68 Å². The molecule has 4 nitrogen and oxygen atoms in total. The fourth-order valence-corrected chi connectivity index (χ4v) is 1.85. The number of oxime groups is 1. The maximum Gasteiger partial charge on any atom is 0.107 e. The van der Waals surface area contributed by atoms with E-state index in [-0.39, 0.29) is 5.54 Å². The predicted molar refractivity (Wildman–Crippen MR) is 72.0 cm³/mol. The number of hydrogen-bond acceptors (Lipinski definition) is 3. The Bertz CT molecular complexity index is 550. The first kappa shape index (κ1) is 12.4. The molecule has 0 aliphatic carbocycles. The zero-order chi connectivity index (χ0) is 13.2. The lowest BCUT2D eigenvalue weighted by Gasteiger charge is -2.22. The van der Waals surface area contributed by atoms with Gasteiger partial charge in [0.15, 0.2) is 0 Å². The Balaban J connectivity index is 2.58. The van der Waals surface area contributed by atoms with E-state index < -0.39 is 0 Å². The van der Waals surface area contributed by atoms with Gasteiger partial charge in [0.2, 0.25) is 0 Å². The highest BCUT2D eigenvalue weighted by molar-refractivity contribution is 5.79. The van der Waals surface area contributed by atoms with E-state index >= 15 is 0 Å². The lowest BCUT2D eigenvalue weighted by Crippen LogP contribution is -2.24. The SMILES string of the molecule is CC(C)(C)n1nc(C=NO)cc1-c1ccccc1. The molecule has 0 aliphatic heterocycles. The van der Waals surface area contributed by atoms with E-state index in [4.69, 9.17) is 5.21 Å². The molecular formula is C14H17N3O. The summed E-state index contributed by atoms with van der Waals surface area (Å²) in [5, 5.41) is 16.1. The molecule has 1 N–H and O–H groups in total. The van der Waals surface area contributed by atoms with E-state index in [0.717, 1.165) is 11.3 Å². The fourth-order valence-electron chi connectivity index (χ4n) is 1.85. The lowest BCUT2D eigenvalue weighted by molar-refractivity contribution is 0.321. The summed E-state index contributed by atoms with van der Waals surface area (Å²) in [6.45, 7) is 6.27. The molecule has 4 heteroatoms. The fraction of sp³-hybridized carbons (Fsp3) is 0.286. The lowest BCUT2D eigenvalue weighted by atomic mass is 10.1. The topological polar surface area (TPSA) is 50.4 Å². The molecule has 0 fully saturated rings. The Kier molecular flexibility index (Phi) is 3.19. The van der Waals surface area contributed by atoms with Gasteiger partial charge in [0.25, 0.3) is 0 Å². The van der Waals surface area contributed by atoms with E-state index in [1.165, 1.54) is 6.21 Å². The van der Waals surface area contributed by atoms with Gasteiger partial charge >= 0.3 is 0 Å². The smallest absolute Gasteiger partial charge is 0.107 e. The van der Waals surface area contributed by atoms with Crippen LogP contribution < -0.4 is 0 Å². The third kappa shape index (κ3) is 2.42. The third-order valence-electron chi connectivity index (χ3n) is 2.62. The number of rotatable bonds is 2. The van der Waals surface area contributed by atoms with Gasteiger partial charge in [-0.1, -0.05) is 35.5 Å². The van der Waals surface area contributed by atoms with Crippen LogP contribution in [0.3, 0.4) is 0 Å². The number of aromatic nitrogens is 2. The summed E-state index contributed by atoms with van der Waals surface area (Å²) in [6, 6.07) is 12.0. The molecule has 0 atom stereocenters. The molecule has 0 radical (unpaired) electrons. The van der Waals surface area contributed by atoms with Crippen LogP contribution >= 0.6 is 0 Å². The average molecular weight is 243 g/mol. The van der Waals surface area contributed by atoms with Crippen LogP contribution in [0.15, 0.2) is 41.6 Å². The van der Waals surface area contributed by atoms with E-state index in [0.29, 0.717) is 5.69 Å². The predicted octanol–water partition coefficient (Wildman–Crippen LogP) is 3.11. The standard InChI is InChI=1S/C14H17N3O/c1-14(2,3)17-13(9-12(16-17)10-15-18)11-7-5-4-6-8-11/h4-10,18H,1-3H3. The molecule has 0 bridgehead atoms. The van der Waals surface area contributed by atoms with Gasteiger partial charge in [0.05, 0.1) is 17.4 Å². The quantitative estimate of drug-likeness (QED) is 0.500. The summed E-state index contributed by atoms with van der Waals surface area (Å²) in [7, 11) is 0. The maximum absolute atomic E-state index is 8.61. The summed E-state index contributed by atoms with van der Waals surface area (Å²) in [5.41, 5.74) is 2.62. The summed E-state index contributed by atoms with van der Waals surface area (Å²) in [5.74, 6) is 0. The molecule has 0 spiro atoms. The molecule has 94 valence electrons. The number of nitrogens with zero attached hydrogens (tertiary/aromatic N) is 3. The molecule has 0 unspecified atom stereocenters. The molecule has 0 aliphatic rings. The van der Waals surface area contributed by atoms with Crippen LogP contribution in [0.1, 0.15) is 26.5 Å². The molecule has 1 aromatic carbocycles. The van der Waals surface area contributed by atoms with Crippen LogP contribution in [-0.2, 0) is 5.54 Å². The maximum atomic E-state index is 8.61. The first-order valence-corrected chi connectivity index (χ1v) is 5.86. The Morgan fingerprint density at radius 3 is 2.44 bits per heavy atom. The highest BCUT2D eigenvalue weighted by Crippen LogP contribution is 2.25. The second kappa shape index (κ2) is 4.64. The van der Waals surface area contributed by atoms with Crippen molar-refractivity contribution in [3.05, 3.63) is 42.1 Å². The Hall–Kier alpha value is -2.10. The van der Waals surface area contributed by atoms with Crippen LogP contribution in [0, 0.1) is 0 Å². The van der Waals surface area contributed by atoms with Crippen molar-refractivity contribution in [1.29, 1.82) is 0 Å². The molecule has 0 saturated carbocycles. The molecule has 1 heterocycles. The summed E-state index contributed by atoms with van der Waals surface area (Å²) >= 11 is 0. The van der Waals surface area contributed by atoms with E-state index in [1.54, 1.807) is 0 Å². The van der Waals surface area contributed by atoms with Gasteiger partial charge in [-0.25, -0.2) is 0 Å². The summed E-state index contributed by atoms with van der Waals surface area (Å²) < 4.78 is 1.94. The zero-order valence-corrected chi connectivity index (χ0v) is 10.8. The van der Waals surface area contributed by atoms with Gasteiger partial charge in [-0.2, -0.15) is 5.10 Å². The van der Waals surface area contributed by atoms with Gasteiger partial charge < -0.3 is 5.21 Å². The van der Waals surface area contributed by atoms with E-state index in [1.807, 2.05) is 41.1 Å². The normalized spacial score (nSPS) is 12.2. The van der Waals surface area contributed by atoms with Crippen LogP contribution in [0.4, 0.5) is 0 Å². The molecule has 2 aromatic rings. The molecule has 2 rings (SSSR count). The van der Waals surface area contributed by atoms with Crippen molar-refractivity contribution in [2.45, 2.75) is 26.3 Å². The largest absolute Gasteiger partial charge is 0.411 e. The molecule has 0 amide bonds. The Morgan fingerprint density at radius 1 is 1.22 bits per heavy atom. The Morgan fingerprint density at radius 2 is 1.89 bits per heavy atom. The van der Waals surface area contributed by atoms with Crippen LogP contribution in [-0.4, -0.2) is 21.2 Å². The monoisotopic (exact) mass is 243 g/mol. The van der Waals surface area contributed by atoms with Crippen molar-refractivity contribution in [3.63, 3.8) is 0 Å². The van der Waals surface area contributed by atoms with Crippen molar-refractivity contribution in [3.8, 4) is 11.3 Å². The number of benzene rings is 1. The zero-order valence-electron chi connectivity index (χ0n) is 10.8. The molecule has 1 aromatic heterocycles. The second-order valence-electron chi connectivity index (χ2n) is 5.15. The van der Waals surface area contributed by atoms with Crippen molar-refractivity contribution < 1.29 is 5.21 Å². The minimum Gasteiger partial charge on any atom is -0.411 e. The highest BCUT2D eigenvalue weighted by Gasteiger charge is 2.19. The van der Waals surface area contributed by atoms with Crippen molar-refractivity contribution >= 4 is 6.21 Å². The highest BCUT2D eigenvalue weighted by atomic mass is 16.4. The van der Waals surface area contributed by atoms with Gasteiger partial charge in [0.1, 0.15) is 5.69 Å². The van der Waals surface area contributed by atoms with Gasteiger partial charge in [0, 0.05) is 0 Å². The first-order chi connectivity index (χ1) is 8.52. The summed E-state index contributed by atoms with van der Waals surface area (Å²) in [4.78, 5) is 0. The van der Waals surface area contributed by atoms with E-state index in [2.05, 4.69) is 31.0 Å². The minimum atomic E-state index is -0.132. The van der Waals surface area contributed by atoms with Gasteiger partial charge in [-0.15, -0.1) is 0 Å². The van der Waals surface area contributed by atoms with Crippen LogP contribution in [0.5, 0.6) is 0 Å². The first-order valence-electron chi connectivity index (χ1n) is 5.86. The van der Waals surface area contributed by atoms with Crippen LogP contribution in [0.2, 0.25) is 0 Å². The molecular weight excluding hydrogens is 226 g/mol.